The third-order valence-corrected chi connectivity index (χ3v) is 7.62. The Balaban J connectivity index is 1.32. The fourth-order valence-corrected chi connectivity index (χ4v) is 5.75. The van der Waals surface area contributed by atoms with Crippen LogP contribution in [-0.4, -0.2) is 58.2 Å². The number of hydrogen-bond acceptors (Lipinski definition) is 8. The monoisotopic (exact) mass is 485 g/mol. The van der Waals surface area contributed by atoms with Gasteiger partial charge in [0, 0.05) is 54.0 Å². The largest absolute Gasteiger partial charge is 0.369 e. The van der Waals surface area contributed by atoms with Crippen molar-refractivity contribution in [1.29, 1.82) is 0 Å². The third kappa shape index (κ3) is 4.17. The number of anilines is 3. The number of rotatable bonds is 5. The molecular weight excluding hydrogens is 458 g/mol. The lowest BCUT2D eigenvalue weighted by molar-refractivity contribution is 0.313. The molecule has 178 valence electrons. The zero-order chi connectivity index (χ0) is 23.9. The van der Waals surface area contributed by atoms with Gasteiger partial charge in [-0.15, -0.1) is 11.3 Å². The van der Waals surface area contributed by atoms with Crippen LogP contribution in [0.1, 0.15) is 11.5 Å². The van der Waals surface area contributed by atoms with Crippen molar-refractivity contribution < 1.29 is 4.52 Å². The molecule has 0 spiro atoms. The Morgan fingerprint density at radius 2 is 1.83 bits per heavy atom. The maximum absolute atomic E-state index is 5.38. The summed E-state index contributed by atoms with van der Waals surface area (Å²) in [4.78, 5) is 19.9. The molecule has 0 atom stereocenters. The first-order chi connectivity index (χ1) is 17.0. The van der Waals surface area contributed by atoms with Gasteiger partial charge in [0.05, 0.1) is 21.8 Å². The number of aromatic nitrogens is 4. The van der Waals surface area contributed by atoms with E-state index in [1.165, 1.54) is 5.69 Å². The number of fused-ring (bicyclic) bond motifs is 1. The van der Waals surface area contributed by atoms with Gasteiger partial charge < -0.3 is 24.6 Å². The number of nitrogens with zero attached hydrogens (tertiary/aromatic N) is 5. The Bertz CT molecular complexity index is 1470. The maximum Gasteiger partial charge on any atom is 0.229 e. The number of piperazine rings is 1. The minimum atomic E-state index is 0.567. The van der Waals surface area contributed by atoms with Gasteiger partial charge in [0.2, 0.25) is 5.95 Å². The van der Waals surface area contributed by atoms with Gasteiger partial charge in [-0.1, -0.05) is 11.2 Å². The molecule has 0 saturated carbocycles. The molecule has 35 heavy (non-hydrogen) atoms. The maximum atomic E-state index is 5.38. The molecule has 0 amide bonds. The second-order valence-corrected chi connectivity index (χ2v) is 10.0. The summed E-state index contributed by atoms with van der Waals surface area (Å²) in [6, 6.07) is 14.7. The number of benzene rings is 1. The number of H-pyrrole nitrogens is 1. The van der Waals surface area contributed by atoms with Crippen LogP contribution in [0.15, 0.2) is 53.2 Å². The molecule has 1 aromatic carbocycles. The highest BCUT2D eigenvalue weighted by molar-refractivity contribution is 7.18. The van der Waals surface area contributed by atoms with Gasteiger partial charge >= 0.3 is 0 Å². The van der Waals surface area contributed by atoms with E-state index in [1.54, 1.807) is 11.3 Å². The molecule has 1 aliphatic rings. The van der Waals surface area contributed by atoms with Gasteiger partial charge in [-0.05, 0) is 57.3 Å². The normalized spacial score (nSPS) is 14.7. The minimum Gasteiger partial charge on any atom is -0.369 e. The summed E-state index contributed by atoms with van der Waals surface area (Å²) in [5.41, 5.74) is 5.84. The van der Waals surface area contributed by atoms with E-state index < -0.39 is 0 Å². The molecule has 2 N–H and O–H groups in total. The first-order valence-corrected chi connectivity index (χ1v) is 12.6. The van der Waals surface area contributed by atoms with E-state index in [-0.39, 0.29) is 0 Å². The molecule has 5 heterocycles. The lowest BCUT2D eigenvalue weighted by Crippen LogP contribution is -2.44. The summed E-state index contributed by atoms with van der Waals surface area (Å²) in [6.45, 7) is 8.12. The van der Waals surface area contributed by atoms with E-state index >= 15 is 0 Å². The van der Waals surface area contributed by atoms with Gasteiger partial charge in [0.1, 0.15) is 11.4 Å². The number of nitrogens with one attached hydrogen (secondary N) is 2. The molecule has 1 aliphatic heterocycles. The van der Waals surface area contributed by atoms with E-state index in [1.807, 2.05) is 26.1 Å². The molecule has 4 aromatic heterocycles. The quantitative estimate of drug-likeness (QED) is 0.342. The number of aryl methyl sites for hydroxylation is 2. The molecule has 0 aliphatic carbocycles. The van der Waals surface area contributed by atoms with E-state index in [4.69, 9.17) is 14.5 Å². The van der Waals surface area contributed by atoms with Gasteiger partial charge in [-0.3, -0.25) is 0 Å². The zero-order valence-electron chi connectivity index (χ0n) is 20.0. The second-order valence-electron chi connectivity index (χ2n) is 8.96. The smallest absolute Gasteiger partial charge is 0.229 e. The Morgan fingerprint density at radius 1 is 1.00 bits per heavy atom. The summed E-state index contributed by atoms with van der Waals surface area (Å²) < 4.78 is 5.38. The predicted molar refractivity (Wildman–Crippen MR) is 142 cm³/mol. The van der Waals surface area contributed by atoms with Gasteiger partial charge in [-0.2, -0.15) is 4.98 Å². The van der Waals surface area contributed by atoms with E-state index in [2.05, 4.69) is 68.7 Å². The van der Waals surface area contributed by atoms with Crippen molar-refractivity contribution in [3.8, 4) is 21.0 Å². The molecule has 9 heteroatoms. The highest BCUT2D eigenvalue weighted by Gasteiger charge is 2.18. The highest BCUT2D eigenvalue weighted by atomic mass is 32.1. The molecule has 1 fully saturated rings. The Labute approximate surface area is 207 Å². The first kappa shape index (κ1) is 21.8. The lowest BCUT2D eigenvalue weighted by atomic mass is 10.1. The predicted octanol–water partition coefficient (Wildman–Crippen LogP) is 5.45. The van der Waals surface area contributed by atoms with Gasteiger partial charge in [0.15, 0.2) is 0 Å². The van der Waals surface area contributed by atoms with Crippen molar-refractivity contribution in [3.05, 3.63) is 60.1 Å². The summed E-state index contributed by atoms with van der Waals surface area (Å²) in [5.74, 6) is 1.39. The molecule has 0 unspecified atom stereocenters. The third-order valence-electron chi connectivity index (χ3n) is 6.51. The van der Waals surface area contributed by atoms with Crippen molar-refractivity contribution in [2.75, 3.05) is 43.4 Å². The van der Waals surface area contributed by atoms with Crippen LogP contribution >= 0.6 is 11.3 Å². The second kappa shape index (κ2) is 8.83. The minimum absolute atomic E-state index is 0.567. The Hall–Kier alpha value is -3.69. The SMILES string of the molecule is Cc1noc(C)c1-c1ccc(-c2nc(Nc3cccc(N4CCN(C)CC4)c3)nc3[nH]ccc23)s1. The fourth-order valence-electron chi connectivity index (χ4n) is 4.59. The first-order valence-electron chi connectivity index (χ1n) is 11.7. The summed E-state index contributed by atoms with van der Waals surface area (Å²) in [6.07, 6.45) is 1.91. The lowest BCUT2D eigenvalue weighted by Gasteiger charge is -2.34. The molecule has 0 bridgehead atoms. The fraction of sp³-hybridized carbons (Fsp3) is 0.269. The number of likely N-dealkylation sites (N-methyl/N-ethyl adjacent to an activating group) is 1. The van der Waals surface area contributed by atoms with Crippen LogP contribution in [0.4, 0.5) is 17.3 Å². The van der Waals surface area contributed by atoms with Crippen LogP contribution in [-0.2, 0) is 0 Å². The van der Waals surface area contributed by atoms with Crippen LogP contribution in [0.5, 0.6) is 0 Å². The van der Waals surface area contributed by atoms with Crippen molar-refractivity contribution in [2.24, 2.45) is 0 Å². The Kier molecular flexibility index (Phi) is 5.50. The average Bonchev–Trinajstić information content (AvgIpc) is 3.59. The number of aromatic amines is 1. The van der Waals surface area contributed by atoms with Gasteiger partial charge in [-0.25, -0.2) is 4.98 Å². The zero-order valence-corrected chi connectivity index (χ0v) is 20.8. The van der Waals surface area contributed by atoms with Crippen LogP contribution in [0.25, 0.3) is 32.0 Å². The van der Waals surface area contributed by atoms with Crippen LogP contribution < -0.4 is 10.2 Å². The molecule has 0 radical (unpaired) electrons. The van der Waals surface area contributed by atoms with Crippen LogP contribution in [0.2, 0.25) is 0 Å². The molecule has 6 rings (SSSR count). The van der Waals surface area contributed by atoms with E-state index in [0.29, 0.717) is 5.95 Å². The standard InChI is InChI=1S/C26H27N7OS/c1-16-23(17(2)34-31-16)21-7-8-22(35-21)24-20-9-10-27-25(20)30-26(29-24)28-18-5-4-6-19(15-18)33-13-11-32(3)12-14-33/h4-10,15H,11-14H2,1-3H3,(H2,27,28,29,30). The topological polar surface area (TPSA) is 86.1 Å². The number of hydrogen-bond donors (Lipinski definition) is 2. The summed E-state index contributed by atoms with van der Waals surface area (Å²) in [7, 11) is 2.17. The molecule has 1 saturated heterocycles. The van der Waals surface area contributed by atoms with E-state index in [9.17, 15) is 0 Å². The van der Waals surface area contributed by atoms with E-state index in [0.717, 1.165) is 75.4 Å². The van der Waals surface area contributed by atoms with Crippen molar-refractivity contribution in [3.63, 3.8) is 0 Å². The van der Waals surface area contributed by atoms with Crippen molar-refractivity contribution in [2.45, 2.75) is 13.8 Å². The molecule has 5 aromatic rings. The summed E-state index contributed by atoms with van der Waals surface area (Å²) >= 11 is 1.68. The van der Waals surface area contributed by atoms with Gasteiger partial charge in [0.25, 0.3) is 0 Å². The highest BCUT2D eigenvalue weighted by Crippen LogP contribution is 2.39. The number of thiophene rings is 1. The summed E-state index contributed by atoms with van der Waals surface area (Å²) in [5, 5.41) is 8.54. The average molecular weight is 486 g/mol. The van der Waals surface area contributed by atoms with Crippen molar-refractivity contribution >= 4 is 39.7 Å². The van der Waals surface area contributed by atoms with Crippen LogP contribution in [0, 0.1) is 13.8 Å². The molecular formula is C26H27N7OS. The van der Waals surface area contributed by atoms with Crippen LogP contribution in [0.3, 0.4) is 0 Å². The Morgan fingerprint density at radius 3 is 2.63 bits per heavy atom. The molecule has 8 nitrogen and oxygen atoms in total. The van der Waals surface area contributed by atoms with Crippen molar-refractivity contribution in [1.82, 2.24) is 25.0 Å².